The maximum atomic E-state index is 11.6. The first-order valence-corrected chi connectivity index (χ1v) is 11.7. The molecule has 4 aliphatic rings. The summed E-state index contributed by atoms with van der Waals surface area (Å²) in [6, 6.07) is 0. The molecule has 0 spiro atoms. The van der Waals surface area contributed by atoms with E-state index in [1.54, 1.807) is 0 Å². The van der Waals surface area contributed by atoms with Crippen LogP contribution in [0.4, 0.5) is 0 Å². The summed E-state index contributed by atoms with van der Waals surface area (Å²) in [5.74, 6) is 4.82. The maximum absolute atomic E-state index is 11.6. The van der Waals surface area contributed by atoms with Gasteiger partial charge in [0.2, 0.25) is 0 Å². The van der Waals surface area contributed by atoms with Crippen LogP contribution in [0.25, 0.3) is 0 Å². The van der Waals surface area contributed by atoms with Gasteiger partial charge < -0.3 is 4.74 Å². The normalized spacial score (nSPS) is 46.9. The zero-order valence-corrected chi connectivity index (χ0v) is 18.0. The minimum atomic E-state index is -0.0515. The number of hydrogen-bond donors (Lipinski definition) is 0. The Kier molecular flexibility index (Phi) is 5.23. The molecule has 0 saturated heterocycles. The molecule has 3 saturated carbocycles. The van der Waals surface area contributed by atoms with Crippen molar-refractivity contribution >= 4 is 5.97 Å². The van der Waals surface area contributed by atoms with Crippen molar-refractivity contribution in [3.63, 3.8) is 0 Å². The van der Waals surface area contributed by atoms with Crippen molar-refractivity contribution in [2.24, 2.45) is 46.3 Å². The maximum Gasteiger partial charge on any atom is 0.305 e. The highest BCUT2D eigenvalue weighted by Crippen LogP contribution is 2.66. The zero-order valence-electron chi connectivity index (χ0n) is 18.0. The summed E-state index contributed by atoms with van der Waals surface area (Å²) in [6.07, 6.45) is 18.4. The molecule has 0 aromatic carbocycles. The van der Waals surface area contributed by atoms with E-state index in [0.717, 1.165) is 36.0 Å². The lowest BCUT2D eigenvalue weighted by Crippen LogP contribution is -2.50. The van der Waals surface area contributed by atoms with Crippen molar-refractivity contribution in [2.75, 3.05) is 7.11 Å². The summed E-state index contributed by atoms with van der Waals surface area (Å²) in [6.45, 7) is 7.55. The van der Waals surface area contributed by atoms with Crippen LogP contribution in [0.15, 0.2) is 12.2 Å². The van der Waals surface area contributed by atoms with E-state index in [9.17, 15) is 4.79 Å². The van der Waals surface area contributed by atoms with Crippen molar-refractivity contribution in [2.45, 2.75) is 85.0 Å². The molecule has 0 bridgehead atoms. The lowest BCUT2D eigenvalue weighted by Gasteiger charge is -2.58. The van der Waals surface area contributed by atoms with Crippen LogP contribution in [0.2, 0.25) is 0 Å². The number of allylic oxidation sites excluding steroid dienone is 2. The molecule has 0 N–H and O–H groups in total. The first kappa shape index (κ1) is 19.5. The highest BCUT2D eigenvalue weighted by Gasteiger charge is 2.58. The van der Waals surface area contributed by atoms with E-state index in [-0.39, 0.29) is 5.97 Å². The topological polar surface area (TPSA) is 26.3 Å². The number of rotatable bonds is 4. The molecule has 2 heteroatoms. The number of carbonyl (C=O) groups is 1. The summed E-state index contributed by atoms with van der Waals surface area (Å²) in [5, 5.41) is 0. The average Bonchev–Trinajstić information content (AvgIpc) is 3.02. The third-order valence-electron chi connectivity index (χ3n) is 9.81. The van der Waals surface area contributed by atoms with Crippen molar-refractivity contribution in [3.8, 4) is 0 Å². The Morgan fingerprint density at radius 3 is 2.74 bits per heavy atom. The molecule has 27 heavy (non-hydrogen) atoms. The number of fused-ring (bicyclic) bond motifs is 5. The summed E-state index contributed by atoms with van der Waals surface area (Å²) in [4.78, 5) is 11.6. The van der Waals surface area contributed by atoms with Crippen molar-refractivity contribution in [1.29, 1.82) is 0 Å². The smallest absolute Gasteiger partial charge is 0.305 e. The predicted molar refractivity (Wildman–Crippen MR) is 110 cm³/mol. The van der Waals surface area contributed by atoms with Gasteiger partial charge in [-0.3, -0.25) is 4.79 Å². The highest BCUT2D eigenvalue weighted by molar-refractivity contribution is 5.69. The molecule has 0 aliphatic heterocycles. The predicted octanol–water partition coefficient (Wildman–Crippen LogP) is 6.40. The van der Waals surface area contributed by atoms with E-state index in [2.05, 4.69) is 32.9 Å². The van der Waals surface area contributed by atoms with Gasteiger partial charge in [-0.25, -0.2) is 0 Å². The van der Waals surface area contributed by atoms with Gasteiger partial charge in [-0.15, -0.1) is 0 Å². The molecular weight excluding hydrogens is 332 g/mol. The van der Waals surface area contributed by atoms with Crippen LogP contribution < -0.4 is 0 Å². The fourth-order valence-corrected chi connectivity index (χ4v) is 8.26. The first-order valence-electron chi connectivity index (χ1n) is 11.7. The van der Waals surface area contributed by atoms with Crippen molar-refractivity contribution in [1.82, 2.24) is 0 Å². The number of carbonyl (C=O) groups excluding carboxylic acids is 1. The molecule has 0 aromatic rings. The lowest BCUT2D eigenvalue weighted by molar-refractivity contribution is -0.141. The molecule has 0 radical (unpaired) electrons. The molecule has 0 unspecified atom stereocenters. The van der Waals surface area contributed by atoms with E-state index in [4.69, 9.17) is 4.74 Å². The van der Waals surface area contributed by atoms with Crippen molar-refractivity contribution in [3.05, 3.63) is 12.2 Å². The number of ether oxygens (including phenoxy) is 1. The van der Waals surface area contributed by atoms with E-state index in [1.807, 2.05) is 0 Å². The Morgan fingerprint density at radius 2 is 1.96 bits per heavy atom. The molecule has 0 amide bonds. The van der Waals surface area contributed by atoms with E-state index >= 15 is 0 Å². The second-order valence-electron chi connectivity index (χ2n) is 10.8. The van der Waals surface area contributed by atoms with Crippen LogP contribution >= 0.6 is 0 Å². The van der Waals surface area contributed by atoms with Crippen LogP contribution in [-0.2, 0) is 9.53 Å². The zero-order chi connectivity index (χ0) is 19.2. The minimum Gasteiger partial charge on any atom is -0.469 e. The fraction of sp³-hybridized carbons (Fsp3) is 0.880. The molecule has 4 rings (SSSR count). The number of hydrogen-bond acceptors (Lipinski definition) is 2. The van der Waals surface area contributed by atoms with Gasteiger partial charge in [0.25, 0.3) is 0 Å². The highest BCUT2D eigenvalue weighted by atomic mass is 16.5. The van der Waals surface area contributed by atoms with E-state index in [1.165, 1.54) is 58.5 Å². The van der Waals surface area contributed by atoms with E-state index in [0.29, 0.717) is 23.2 Å². The van der Waals surface area contributed by atoms with Crippen molar-refractivity contribution < 1.29 is 9.53 Å². The van der Waals surface area contributed by atoms with Gasteiger partial charge in [0.05, 0.1) is 7.11 Å². The fourth-order valence-electron chi connectivity index (χ4n) is 8.26. The standard InChI is InChI=1S/C25H40O2/c1-17(8-13-23(26)27-4)20-11-12-21-19-10-9-18-7-5-6-15-24(18,2)22(19)14-16-25(20,21)3/h14,16-22H,5-13,15H2,1-4H3/t17-,18-,19-,20+,21-,22-,24+,25-/m1/s1. The average molecular weight is 373 g/mol. The molecular formula is C25H40O2. The summed E-state index contributed by atoms with van der Waals surface area (Å²) in [5.41, 5.74) is 0.905. The SMILES string of the molecule is COC(=O)CC[C@@H](C)[C@@H]1CC[C@@H]2[C@H]3CC[C@H]4CCCC[C@]4(C)[C@@H]3C=C[C@@]21C. The molecule has 2 nitrogen and oxygen atoms in total. The molecule has 152 valence electrons. The molecule has 0 heterocycles. The molecule has 8 atom stereocenters. The molecule has 4 aliphatic carbocycles. The van der Waals surface area contributed by atoms with Gasteiger partial charge >= 0.3 is 5.97 Å². The van der Waals surface area contributed by atoms with Gasteiger partial charge in [-0.2, -0.15) is 0 Å². The van der Waals surface area contributed by atoms with Gasteiger partial charge in [0.15, 0.2) is 0 Å². The quantitative estimate of drug-likeness (QED) is 0.421. The first-order chi connectivity index (χ1) is 12.9. The van der Waals surface area contributed by atoms with Gasteiger partial charge in [-0.1, -0.05) is 45.8 Å². The summed E-state index contributed by atoms with van der Waals surface area (Å²) in [7, 11) is 1.51. The third-order valence-corrected chi connectivity index (χ3v) is 9.81. The van der Waals surface area contributed by atoms with Gasteiger partial charge in [0.1, 0.15) is 0 Å². The van der Waals surface area contributed by atoms with Gasteiger partial charge in [0, 0.05) is 6.42 Å². The lowest BCUT2D eigenvalue weighted by atomic mass is 9.46. The number of methoxy groups -OCH3 is 1. The number of esters is 1. The van der Waals surface area contributed by atoms with Gasteiger partial charge in [-0.05, 0) is 91.3 Å². The Bertz CT molecular complexity index is 595. The van der Waals surface area contributed by atoms with Crippen LogP contribution in [0.3, 0.4) is 0 Å². The Hall–Kier alpha value is -0.790. The van der Waals surface area contributed by atoms with Crippen LogP contribution in [0, 0.1) is 46.3 Å². The van der Waals surface area contributed by atoms with Crippen LogP contribution in [-0.4, -0.2) is 13.1 Å². The summed E-state index contributed by atoms with van der Waals surface area (Å²) < 4.78 is 4.87. The largest absolute Gasteiger partial charge is 0.469 e. The minimum absolute atomic E-state index is 0.0515. The third kappa shape index (κ3) is 3.10. The summed E-state index contributed by atoms with van der Waals surface area (Å²) >= 11 is 0. The molecule has 3 fully saturated rings. The Balaban J connectivity index is 1.54. The van der Waals surface area contributed by atoms with Crippen LogP contribution in [0.1, 0.15) is 85.0 Å². The molecule has 0 aromatic heterocycles. The van der Waals surface area contributed by atoms with Crippen LogP contribution in [0.5, 0.6) is 0 Å². The second kappa shape index (κ2) is 7.23. The van der Waals surface area contributed by atoms with E-state index < -0.39 is 0 Å². The second-order valence-corrected chi connectivity index (χ2v) is 10.8. The Labute approximate surface area is 166 Å². The monoisotopic (exact) mass is 372 g/mol. The Morgan fingerprint density at radius 1 is 1.15 bits per heavy atom.